The molecule has 2 atom stereocenters. The number of halogens is 1. The average Bonchev–Trinajstić information content (AvgIpc) is 3.11. The number of carbonyl (C=O) groups excluding carboxylic acids is 1. The number of aliphatic hydroxyl groups is 1. The Morgan fingerprint density at radius 3 is 2.92 bits per heavy atom. The summed E-state index contributed by atoms with van der Waals surface area (Å²) in [5.41, 5.74) is 0.962. The van der Waals surface area contributed by atoms with Crippen LogP contribution >= 0.6 is 11.6 Å². The van der Waals surface area contributed by atoms with Gasteiger partial charge in [-0.1, -0.05) is 11.6 Å². The maximum Gasteiger partial charge on any atom is 0.231 e. The van der Waals surface area contributed by atoms with Crippen molar-refractivity contribution in [2.45, 2.75) is 44.9 Å². The molecular weight excluding hydrogens is 332 g/mol. The summed E-state index contributed by atoms with van der Waals surface area (Å²) in [6.45, 7) is 3.77. The predicted molar refractivity (Wildman–Crippen MR) is 90.3 cm³/mol. The first-order valence-corrected chi connectivity index (χ1v) is 8.68. The molecule has 1 fully saturated rings. The number of fused-ring (bicyclic) bond motifs is 1. The molecule has 1 aromatic carbocycles. The number of carbonyl (C=O) groups is 1. The number of β-amino-alcohol motifs (C(OH)–C–C–N with tert-alkyl or cyclic N) is 1. The average molecular weight is 355 g/mol. The number of nitrogens with zero attached hydrogens (tertiary/aromatic N) is 1. The van der Waals surface area contributed by atoms with Crippen LogP contribution < -0.4 is 14.8 Å². The topological polar surface area (TPSA) is 71.0 Å². The molecule has 0 saturated carbocycles. The Bertz CT molecular complexity index is 608. The summed E-state index contributed by atoms with van der Waals surface area (Å²) in [5.74, 6) is 1.54. The van der Waals surface area contributed by atoms with Crippen molar-refractivity contribution < 1.29 is 19.4 Å². The third-order valence-corrected chi connectivity index (χ3v) is 4.78. The highest BCUT2D eigenvalue weighted by atomic mass is 35.5. The van der Waals surface area contributed by atoms with Crippen LogP contribution in [0.4, 0.5) is 0 Å². The van der Waals surface area contributed by atoms with E-state index in [0.29, 0.717) is 30.3 Å². The second-order valence-corrected chi connectivity index (χ2v) is 6.76. The minimum Gasteiger partial charge on any atom is -0.454 e. The number of rotatable bonds is 7. The normalized spacial score (nSPS) is 20.7. The van der Waals surface area contributed by atoms with Gasteiger partial charge in [0.25, 0.3) is 0 Å². The van der Waals surface area contributed by atoms with Gasteiger partial charge in [0.15, 0.2) is 11.5 Å². The molecule has 2 aliphatic heterocycles. The molecule has 6 nitrogen and oxygen atoms in total. The van der Waals surface area contributed by atoms with E-state index in [4.69, 9.17) is 21.1 Å². The standard InChI is InChI=1S/C17H23ClN2O4/c1-11(21)9-20-13(2-3-17(20)22)4-5-19-8-12-6-15-16(7-14(12)18)24-10-23-15/h6-7,11,13,19,21H,2-5,8-10H2,1H3/t11-,13+/m1/s1. The first-order chi connectivity index (χ1) is 11.5. The van der Waals surface area contributed by atoms with Crippen molar-refractivity contribution >= 4 is 17.5 Å². The lowest BCUT2D eigenvalue weighted by molar-refractivity contribution is -0.130. The van der Waals surface area contributed by atoms with Crippen LogP contribution in [0.15, 0.2) is 12.1 Å². The van der Waals surface area contributed by atoms with E-state index in [1.807, 2.05) is 6.07 Å². The van der Waals surface area contributed by atoms with Gasteiger partial charge >= 0.3 is 0 Å². The lowest BCUT2D eigenvalue weighted by atomic mass is 10.1. The minimum atomic E-state index is -0.491. The van der Waals surface area contributed by atoms with E-state index in [9.17, 15) is 9.90 Å². The Hall–Kier alpha value is -1.50. The molecule has 24 heavy (non-hydrogen) atoms. The summed E-state index contributed by atoms with van der Waals surface area (Å²) in [7, 11) is 0. The fourth-order valence-corrected chi connectivity index (χ4v) is 3.44. The zero-order chi connectivity index (χ0) is 17.1. The summed E-state index contributed by atoms with van der Waals surface area (Å²) in [4.78, 5) is 13.7. The van der Waals surface area contributed by atoms with Crippen LogP contribution in [0.25, 0.3) is 0 Å². The maximum atomic E-state index is 11.9. The van der Waals surface area contributed by atoms with Gasteiger partial charge in [-0.2, -0.15) is 0 Å². The summed E-state index contributed by atoms with van der Waals surface area (Å²) < 4.78 is 10.7. The first-order valence-electron chi connectivity index (χ1n) is 8.31. The van der Waals surface area contributed by atoms with E-state index in [1.54, 1.807) is 17.9 Å². The van der Waals surface area contributed by atoms with Gasteiger partial charge < -0.3 is 24.8 Å². The van der Waals surface area contributed by atoms with Gasteiger partial charge in [0.05, 0.1) is 6.10 Å². The van der Waals surface area contributed by atoms with Crippen molar-refractivity contribution in [1.82, 2.24) is 10.2 Å². The number of amides is 1. The van der Waals surface area contributed by atoms with Crippen LogP contribution in [0.2, 0.25) is 5.02 Å². The fraction of sp³-hybridized carbons (Fsp3) is 0.588. The molecule has 0 bridgehead atoms. The first kappa shape index (κ1) is 17.3. The lowest BCUT2D eigenvalue weighted by Crippen LogP contribution is -2.39. The molecule has 2 N–H and O–H groups in total. The van der Waals surface area contributed by atoms with Gasteiger partial charge in [-0.3, -0.25) is 4.79 Å². The van der Waals surface area contributed by atoms with E-state index >= 15 is 0 Å². The van der Waals surface area contributed by atoms with E-state index in [-0.39, 0.29) is 18.7 Å². The van der Waals surface area contributed by atoms with Gasteiger partial charge in [-0.05, 0) is 37.9 Å². The van der Waals surface area contributed by atoms with Crippen molar-refractivity contribution in [1.29, 1.82) is 0 Å². The zero-order valence-corrected chi connectivity index (χ0v) is 14.5. The Labute approximate surface area is 146 Å². The Balaban J connectivity index is 1.48. The van der Waals surface area contributed by atoms with Crippen LogP contribution in [0.3, 0.4) is 0 Å². The highest BCUT2D eigenvalue weighted by molar-refractivity contribution is 6.31. The molecule has 0 unspecified atom stereocenters. The highest BCUT2D eigenvalue weighted by Gasteiger charge is 2.30. The molecule has 0 radical (unpaired) electrons. The van der Waals surface area contributed by atoms with Gasteiger partial charge in [0.2, 0.25) is 12.7 Å². The lowest BCUT2D eigenvalue weighted by Gasteiger charge is -2.26. The minimum absolute atomic E-state index is 0.139. The summed E-state index contributed by atoms with van der Waals surface area (Å²) in [6.07, 6.45) is 1.80. The second-order valence-electron chi connectivity index (χ2n) is 6.35. The fourth-order valence-electron chi connectivity index (χ4n) is 3.22. The highest BCUT2D eigenvalue weighted by Crippen LogP contribution is 2.36. The number of nitrogens with one attached hydrogen (secondary N) is 1. The number of hydrogen-bond acceptors (Lipinski definition) is 5. The van der Waals surface area contributed by atoms with Gasteiger partial charge in [-0.15, -0.1) is 0 Å². The van der Waals surface area contributed by atoms with Crippen LogP contribution in [0.5, 0.6) is 11.5 Å². The SMILES string of the molecule is C[C@@H](O)CN1C(=O)CC[C@H]1CCNCc1cc2c(cc1Cl)OCO2. The molecule has 2 aliphatic rings. The van der Waals surface area contributed by atoms with Gasteiger partial charge in [-0.25, -0.2) is 0 Å². The molecule has 0 aromatic heterocycles. The van der Waals surface area contributed by atoms with Crippen molar-refractivity contribution in [3.63, 3.8) is 0 Å². The van der Waals surface area contributed by atoms with E-state index in [2.05, 4.69) is 5.32 Å². The third-order valence-electron chi connectivity index (χ3n) is 4.42. The van der Waals surface area contributed by atoms with Crippen molar-refractivity contribution in [3.05, 3.63) is 22.7 Å². The zero-order valence-electron chi connectivity index (χ0n) is 13.8. The third kappa shape index (κ3) is 3.94. The van der Waals surface area contributed by atoms with Crippen LogP contribution in [-0.4, -0.2) is 47.9 Å². The summed E-state index contributed by atoms with van der Waals surface area (Å²) in [6, 6.07) is 3.88. The monoisotopic (exact) mass is 354 g/mol. The number of likely N-dealkylation sites (tertiary alicyclic amines) is 1. The van der Waals surface area contributed by atoms with Crippen LogP contribution in [0, 0.1) is 0 Å². The molecule has 1 saturated heterocycles. The molecule has 132 valence electrons. The molecular formula is C17H23ClN2O4. The number of benzene rings is 1. The van der Waals surface area contributed by atoms with Crippen molar-refractivity contribution in [3.8, 4) is 11.5 Å². The maximum absolute atomic E-state index is 11.9. The van der Waals surface area contributed by atoms with E-state index < -0.39 is 6.10 Å². The van der Waals surface area contributed by atoms with Crippen LogP contribution in [-0.2, 0) is 11.3 Å². The molecule has 0 aliphatic carbocycles. The predicted octanol–water partition coefficient (Wildman–Crippen LogP) is 1.92. The Morgan fingerprint density at radius 2 is 2.17 bits per heavy atom. The van der Waals surface area contributed by atoms with Gasteiger partial charge in [0, 0.05) is 36.6 Å². The van der Waals surface area contributed by atoms with E-state index in [1.165, 1.54) is 0 Å². The largest absolute Gasteiger partial charge is 0.454 e. The molecule has 0 spiro atoms. The number of ether oxygens (including phenoxy) is 2. The van der Waals surface area contributed by atoms with Crippen molar-refractivity contribution in [2.24, 2.45) is 0 Å². The molecule has 1 amide bonds. The van der Waals surface area contributed by atoms with Crippen molar-refractivity contribution in [2.75, 3.05) is 19.9 Å². The second kappa shape index (κ2) is 7.59. The number of aliphatic hydroxyl groups excluding tert-OH is 1. The Kier molecular flexibility index (Phi) is 5.48. The summed E-state index contributed by atoms with van der Waals surface area (Å²) in [5, 5.41) is 13.5. The molecule has 1 aromatic rings. The summed E-state index contributed by atoms with van der Waals surface area (Å²) >= 11 is 6.26. The molecule has 2 heterocycles. The quantitative estimate of drug-likeness (QED) is 0.732. The van der Waals surface area contributed by atoms with Crippen LogP contribution in [0.1, 0.15) is 31.7 Å². The molecule has 3 rings (SSSR count). The number of hydrogen-bond donors (Lipinski definition) is 2. The molecule has 7 heteroatoms. The van der Waals surface area contributed by atoms with Gasteiger partial charge in [0.1, 0.15) is 0 Å². The van der Waals surface area contributed by atoms with E-state index in [0.717, 1.165) is 30.7 Å². The smallest absolute Gasteiger partial charge is 0.231 e. The Morgan fingerprint density at radius 1 is 1.42 bits per heavy atom.